The van der Waals surface area contributed by atoms with Gasteiger partial charge in [-0.05, 0) is 30.3 Å². The number of rotatable bonds is 3. The number of hydrogen-bond donors (Lipinski definition) is 1. The van der Waals surface area contributed by atoms with Gasteiger partial charge in [0, 0.05) is 18.0 Å². The number of hydrogen-bond acceptors (Lipinski definition) is 4. The zero-order valence-electron chi connectivity index (χ0n) is 9.29. The van der Waals surface area contributed by atoms with Crippen LogP contribution >= 0.6 is 11.8 Å². The maximum absolute atomic E-state index is 5.93. The highest BCUT2D eigenvalue weighted by Gasteiger charge is 2.10. The molecule has 0 bridgehead atoms. The second kappa shape index (κ2) is 4.67. The maximum atomic E-state index is 5.93. The first-order chi connectivity index (χ1) is 7.68. The molecule has 0 aliphatic carbocycles. The lowest BCUT2D eigenvalue weighted by Gasteiger charge is -2.11. The molecule has 1 atom stereocenters. The van der Waals surface area contributed by atoms with E-state index in [9.17, 15) is 0 Å². The SMILES string of the molecule is C[C@@H](N)c1ccccc1Sc1nncn1C. The first-order valence-corrected chi connectivity index (χ1v) is 5.86. The van der Waals surface area contributed by atoms with E-state index in [-0.39, 0.29) is 6.04 Å². The molecule has 0 saturated heterocycles. The Bertz CT molecular complexity index is 478. The Morgan fingerprint density at radius 2 is 2.12 bits per heavy atom. The van der Waals surface area contributed by atoms with E-state index < -0.39 is 0 Å². The van der Waals surface area contributed by atoms with Crippen molar-refractivity contribution in [3.63, 3.8) is 0 Å². The van der Waals surface area contributed by atoms with Gasteiger partial charge in [-0.1, -0.05) is 18.2 Å². The predicted molar refractivity (Wildman–Crippen MR) is 64.2 cm³/mol. The van der Waals surface area contributed by atoms with Gasteiger partial charge in [-0.15, -0.1) is 10.2 Å². The lowest BCUT2D eigenvalue weighted by molar-refractivity contribution is 0.779. The van der Waals surface area contributed by atoms with Crippen molar-refractivity contribution in [1.29, 1.82) is 0 Å². The van der Waals surface area contributed by atoms with Crippen molar-refractivity contribution in [2.45, 2.75) is 23.0 Å². The molecular formula is C11H14N4S. The third-order valence-electron chi connectivity index (χ3n) is 2.28. The molecule has 1 aromatic heterocycles. The van der Waals surface area contributed by atoms with Crippen LogP contribution in [0, 0.1) is 0 Å². The lowest BCUT2D eigenvalue weighted by Crippen LogP contribution is -2.06. The second-order valence-corrected chi connectivity index (χ2v) is 4.66. The standard InChI is InChI=1S/C11H14N4S/c1-8(12)9-5-3-4-6-10(9)16-11-14-13-7-15(11)2/h3-8H,12H2,1-2H3/t8-/m1/s1. The average molecular weight is 234 g/mol. The molecule has 84 valence electrons. The van der Waals surface area contributed by atoms with Crippen LogP contribution in [0.4, 0.5) is 0 Å². The summed E-state index contributed by atoms with van der Waals surface area (Å²) in [5.74, 6) is 0. The molecule has 0 aliphatic rings. The van der Waals surface area contributed by atoms with Gasteiger partial charge in [-0.3, -0.25) is 0 Å². The van der Waals surface area contributed by atoms with Crippen molar-refractivity contribution in [2.24, 2.45) is 12.8 Å². The molecule has 1 aromatic carbocycles. The summed E-state index contributed by atoms with van der Waals surface area (Å²) in [4.78, 5) is 1.13. The first kappa shape index (κ1) is 11.2. The van der Waals surface area contributed by atoms with Crippen LogP contribution in [0.2, 0.25) is 0 Å². The molecule has 2 aromatic rings. The fourth-order valence-corrected chi connectivity index (χ4v) is 2.41. The fraction of sp³-hybridized carbons (Fsp3) is 0.273. The van der Waals surface area contributed by atoms with E-state index in [1.54, 1.807) is 18.1 Å². The first-order valence-electron chi connectivity index (χ1n) is 5.05. The quantitative estimate of drug-likeness (QED) is 0.882. The van der Waals surface area contributed by atoms with Crippen molar-refractivity contribution in [2.75, 3.05) is 0 Å². The minimum Gasteiger partial charge on any atom is -0.324 e. The summed E-state index contributed by atoms with van der Waals surface area (Å²) in [6.07, 6.45) is 1.69. The highest BCUT2D eigenvalue weighted by molar-refractivity contribution is 7.99. The van der Waals surface area contributed by atoms with Crippen LogP contribution < -0.4 is 5.73 Å². The molecule has 5 heteroatoms. The number of aryl methyl sites for hydroxylation is 1. The van der Waals surface area contributed by atoms with Gasteiger partial charge >= 0.3 is 0 Å². The molecular weight excluding hydrogens is 220 g/mol. The van der Waals surface area contributed by atoms with Crippen LogP contribution in [0.25, 0.3) is 0 Å². The van der Waals surface area contributed by atoms with Crippen LogP contribution in [0.3, 0.4) is 0 Å². The number of aromatic nitrogens is 3. The van der Waals surface area contributed by atoms with Gasteiger partial charge in [-0.2, -0.15) is 0 Å². The minimum absolute atomic E-state index is 0.0249. The zero-order chi connectivity index (χ0) is 11.5. The molecule has 0 saturated carbocycles. The molecule has 2 rings (SSSR count). The lowest BCUT2D eigenvalue weighted by atomic mass is 10.1. The highest BCUT2D eigenvalue weighted by atomic mass is 32.2. The van der Waals surface area contributed by atoms with Crippen molar-refractivity contribution < 1.29 is 0 Å². The smallest absolute Gasteiger partial charge is 0.195 e. The number of benzene rings is 1. The van der Waals surface area contributed by atoms with E-state index in [1.807, 2.05) is 36.7 Å². The summed E-state index contributed by atoms with van der Waals surface area (Å²) in [6, 6.07) is 8.13. The number of nitrogens with zero attached hydrogens (tertiary/aromatic N) is 3. The summed E-state index contributed by atoms with van der Waals surface area (Å²) >= 11 is 1.59. The van der Waals surface area contributed by atoms with Gasteiger partial charge < -0.3 is 10.3 Å². The Morgan fingerprint density at radius 1 is 1.38 bits per heavy atom. The van der Waals surface area contributed by atoms with Gasteiger partial charge in [0.15, 0.2) is 5.16 Å². The monoisotopic (exact) mass is 234 g/mol. The molecule has 4 nitrogen and oxygen atoms in total. The van der Waals surface area contributed by atoms with E-state index >= 15 is 0 Å². The van der Waals surface area contributed by atoms with Crippen LogP contribution in [-0.2, 0) is 7.05 Å². The van der Waals surface area contributed by atoms with E-state index in [0.29, 0.717) is 0 Å². The van der Waals surface area contributed by atoms with E-state index in [0.717, 1.165) is 15.6 Å². The summed E-state index contributed by atoms with van der Waals surface area (Å²) in [5, 5.41) is 8.77. The normalized spacial score (nSPS) is 12.7. The van der Waals surface area contributed by atoms with Crippen molar-refractivity contribution >= 4 is 11.8 Å². The van der Waals surface area contributed by atoms with Crippen LogP contribution in [0.15, 0.2) is 40.6 Å². The van der Waals surface area contributed by atoms with Gasteiger partial charge in [-0.25, -0.2) is 0 Å². The second-order valence-electron chi connectivity index (χ2n) is 3.65. The molecule has 0 aliphatic heterocycles. The largest absolute Gasteiger partial charge is 0.324 e. The van der Waals surface area contributed by atoms with Crippen molar-refractivity contribution in [1.82, 2.24) is 14.8 Å². The maximum Gasteiger partial charge on any atom is 0.195 e. The molecule has 16 heavy (non-hydrogen) atoms. The van der Waals surface area contributed by atoms with E-state index in [1.165, 1.54) is 0 Å². The topological polar surface area (TPSA) is 56.7 Å². The molecule has 0 fully saturated rings. The summed E-state index contributed by atoms with van der Waals surface area (Å²) < 4.78 is 1.89. The highest BCUT2D eigenvalue weighted by Crippen LogP contribution is 2.30. The molecule has 2 N–H and O–H groups in total. The van der Waals surface area contributed by atoms with Crippen molar-refractivity contribution in [3.05, 3.63) is 36.2 Å². The molecule has 0 radical (unpaired) electrons. The molecule has 0 spiro atoms. The molecule has 1 heterocycles. The van der Waals surface area contributed by atoms with Gasteiger partial charge in [0.25, 0.3) is 0 Å². The van der Waals surface area contributed by atoms with Crippen molar-refractivity contribution in [3.8, 4) is 0 Å². The van der Waals surface area contributed by atoms with Crippen LogP contribution in [-0.4, -0.2) is 14.8 Å². The summed E-state index contributed by atoms with van der Waals surface area (Å²) in [6.45, 7) is 1.98. The Kier molecular flexibility index (Phi) is 3.26. The third kappa shape index (κ3) is 2.25. The molecule has 0 unspecified atom stereocenters. The minimum atomic E-state index is 0.0249. The van der Waals surface area contributed by atoms with Crippen LogP contribution in [0.5, 0.6) is 0 Å². The number of nitrogens with two attached hydrogens (primary N) is 1. The third-order valence-corrected chi connectivity index (χ3v) is 3.42. The Hall–Kier alpha value is -1.33. The Labute approximate surface area is 98.9 Å². The van der Waals surface area contributed by atoms with Gasteiger partial charge in [0.1, 0.15) is 6.33 Å². The van der Waals surface area contributed by atoms with Gasteiger partial charge in [0.2, 0.25) is 0 Å². The van der Waals surface area contributed by atoms with E-state index in [4.69, 9.17) is 5.73 Å². The Morgan fingerprint density at radius 3 is 2.75 bits per heavy atom. The summed E-state index contributed by atoms with van der Waals surface area (Å²) in [5.41, 5.74) is 7.06. The zero-order valence-corrected chi connectivity index (χ0v) is 10.1. The van der Waals surface area contributed by atoms with E-state index in [2.05, 4.69) is 16.3 Å². The fourth-order valence-electron chi connectivity index (χ4n) is 1.41. The Balaban J connectivity index is 2.31. The van der Waals surface area contributed by atoms with Crippen LogP contribution in [0.1, 0.15) is 18.5 Å². The average Bonchev–Trinajstić information content (AvgIpc) is 2.65. The predicted octanol–water partition coefficient (Wildman–Crippen LogP) is 1.99. The van der Waals surface area contributed by atoms with Gasteiger partial charge in [0.05, 0.1) is 0 Å². The molecule has 0 amide bonds. The summed E-state index contributed by atoms with van der Waals surface area (Å²) in [7, 11) is 1.93.